The molecule has 1 saturated heterocycles. The zero-order valence-electron chi connectivity index (χ0n) is 19.3. The lowest BCUT2D eigenvalue weighted by molar-refractivity contribution is 0.201. The van der Waals surface area contributed by atoms with Gasteiger partial charge in [0.1, 0.15) is 9.90 Å². The minimum absolute atomic E-state index is 0.0350. The first-order valence-corrected chi connectivity index (χ1v) is 14.4. The predicted molar refractivity (Wildman–Crippen MR) is 138 cm³/mol. The summed E-state index contributed by atoms with van der Waals surface area (Å²) in [5, 5.41) is 6.69. The maximum Gasteiger partial charge on any atom is 0.316 e. The highest BCUT2D eigenvalue weighted by molar-refractivity contribution is 7.91. The third-order valence-electron chi connectivity index (χ3n) is 6.57. The van der Waals surface area contributed by atoms with Gasteiger partial charge in [0.05, 0.1) is 18.0 Å². The van der Waals surface area contributed by atoms with Crippen LogP contribution in [0.1, 0.15) is 26.2 Å². The second-order valence-electron chi connectivity index (χ2n) is 9.04. The van der Waals surface area contributed by atoms with Crippen LogP contribution in [0.4, 0.5) is 5.69 Å². The third kappa shape index (κ3) is 4.97. The maximum absolute atomic E-state index is 13.6. The third-order valence-corrected chi connectivity index (χ3v) is 10.1. The molecule has 2 aromatic heterocycles. The second-order valence-corrected chi connectivity index (χ2v) is 12.6. The van der Waals surface area contributed by atoms with Crippen molar-refractivity contribution in [3.8, 4) is 11.4 Å². The first kappa shape index (κ1) is 24.3. The quantitative estimate of drug-likeness (QED) is 0.475. The van der Waals surface area contributed by atoms with Gasteiger partial charge in [-0.15, -0.1) is 11.3 Å². The molecule has 2 aliphatic rings. The van der Waals surface area contributed by atoms with E-state index in [4.69, 9.17) is 16.3 Å². The highest BCUT2D eigenvalue weighted by atomic mass is 35.5. The number of benzene rings is 1. The van der Waals surface area contributed by atoms with Crippen LogP contribution in [0.15, 0.2) is 57.0 Å². The van der Waals surface area contributed by atoms with E-state index in [1.54, 1.807) is 48.0 Å². The Kier molecular flexibility index (Phi) is 6.89. The van der Waals surface area contributed by atoms with Gasteiger partial charge in [-0.3, -0.25) is 4.79 Å². The molecule has 1 saturated carbocycles. The van der Waals surface area contributed by atoms with Crippen LogP contribution >= 0.6 is 22.9 Å². The Bertz CT molecular complexity index is 1350. The van der Waals surface area contributed by atoms with Crippen molar-refractivity contribution in [2.24, 2.45) is 5.92 Å². The number of aromatic nitrogens is 2. The molecule has 1 aromatic carbocycles. The van der Waals surface area contributed by atoms with E-state index in [0.29, 0.717) is 52.7 Å². The first-order valence-electron chi connectivity index (χ1n) is 11.7. The minimum atomic E-state index is -3.51. The van der Waals surface area contributed by atoms with Crippen LogP contribution in [0, 0.1) is 5.92 Å². The molecule has 0 spiro atoms. The number of piperazine rings is 1. The SMILES string of the molecule is CC1CCC(Oc2c(N3CCN(S(=O)(=O)c4cccs4)CC3)cnn(-c3cccc(Cl)c3)c2=O)C1. The van der Waals surface area contributed by atoms with E-state index in [1.165, 1.54) is 20.3 Å². The fourth-order valence-electron chi connectivity index (χ4n) is 4.69. The maximum atomic E-state index is 13.6. The number of sulfonamides is 1. The average Bonchev–Trinajstić information content (AvgIpc) is 3.53. The van der Waals surface area contributed by atoms with Crippen molar-refractivity contribution in [2.45, 2.75) is 36.5 Å². The van der Waals surface area contributed by atoms with Crippen molar-refractivity contribution in [3.63, 3.8) is 0 Å². The van der Waals surface area contributed by atoms with Gasteiger partial charge < -0.3 is 9.64 Å². The molecule has 0 bridgehead atoms. The summed E-state index contributed by atoms with van der Waals surface area (Å²) >= 11 is 7.36. The van der Waals surface area contributed by atoms with Gasteiger partial charge in [0.2, 0.25) is 5.75 Å². The van der Waals surface area contributed by atoms with Gasteiger partial charge in [-0.05, 0) is 54.8 Å². The Labute approximate surface area is 213 Å². The lowest BCUT2D eigenvalue weighted by atomic mass is 10.1. The van der Waals surface area contributed by atoms with Gasteiger partial charge >= 0.3 is 5.56 Å². The number of halogens is 1. The van der Waals surface area contributed by atoms with Crippen molar-refractivity contribution in [1.82, 2.24) is 14.1 Å². The van der Waals surface area contributed by atoms with E-state index in [-0.39, 0.29) is 17.4 Å². The molecule has 3 aromatic rings. The van der Waals surface area contributed by atoms with Crippen LogP contribution in [-0.2, 0) is 10.0 Å². The molecule has 8 nitrogen and oxygen atoms in total. The Morgan fingerprint density at radius 3 is 2.57 bits per heavy atom. The van der Waals surface area contributed by atoms with Gasteiger partial charge in [0, 0.05) is 31.2 Å². The number of hydrogen-bond donors (Lipinski definition) is 0. The van der Waals surface area contributed by atoms with Crippen LogP contribution in [0.25, 0.3) is 5.69 Å². The number of thiophene rings is 1. The number of anilines is 1. The molecular formula is C24H27ClN4O4S2. The molecular weight excluding hydrogens is 508 g/mol. The van der Waals surface area contributed by atoms with Gasteiger partial charge in [-0.2, -0.15) is 14.1 Å². The van der Waals surface area contributed by atoms with Crippen molar-refractivity contribution < 1.29 is 13.2 Å². The summed E-state index contributed by atoms with van der Waals surface area (Å²) in [5.41, 5.74) is 0.810. The second kappa shape index (κ2) is 9.93. The van der Waals surface area contributed by atoms with E-state index in [2.05, 4.69) is 12.0 Å². The highest BCUT2D eigenvalue weighted by Gasteiger charge is 2.32. The van der Waals surface area contributed by atoms with E-state index in [0.717, 1.165) is 19.3 Å². The van der Waals surface area contributed by atoms with Crippen molar-refractivity contribution in [2.75, 3.05) is 31.1 Å². The summed E-state index contributed by atoms with van der Waals surface area (Å²) in [6.45, 7) is 3.69. The summed E-state index contributed by atoms with van der Waals surface area (Å²) in [5.74, 6) is 0.806. The molecule has 11 heteroatoms. The molecule has 0 N–H and O–H groups in total. The molecule has 2 unspecified atom stereocenters. The van der Waals surface area contributed by atoms with Crippen molar-refractivity contribution >= 4 is 38.6 Å². The van der Waals surface area contributed by atoms with E-state index in [1.807, 2.05) is 4.90 Å². The minimum Gasteiger partial charge on any atom is -0.483 e. The molecule has 5 rings (SSSR count). The van der Waals surface area contributed by atoms with Gasteiger partial charge in [-0.25, -0.2) is 8.42 Å². The van der Waals surface area contributed by atoms with E-state index < -0.39 is 10.0 Å². The zero-order valence-corrected chi connectivity index (χ0v) is 21.7. The number of ether oxygens (including phenoxy) is 1. The van der Waals surface area contributed by atoms with Crippen molar-refractivity contribution in [1.29, 1.82) is 0 Å². The highest BCUT2D eigenvalue weighted by Crippen LogP contribution is 2.33. The first-order chi connectivity index (χ1) is 16.8. The van der Waals surface area contributed by atoms with E-state index >= 15 is 0 Å². The zero-order chi connectivity index (χ0) is 24.6. The van der Waals surface area contributed by atoms with Gasteiger partial charge in [-0.1, -0.05) is 30.7 Å². The lowest BCUT2D eigenvalue weighted by Crippen LogP contribution is -2.49. The Morgan fingerprint density at radius 2 is 1.91 bits per heavy atom. The Hall–Kier alpha value is -2.40. The molecule has 2 fully saturated rings. The molecule has 0 amide bonds. The smallest absolute Gasteiger partial charge is 0.316 e. The molecule has 3 heterocycles. The molecule has 186 valence electrons. The van der Waals surface area contributed by atoms with Crippen LogP contribution in [0.3, 0.4) is 0 Å². The normalized spacial score (nSPS) is 21.4. The number of nitrogens with zero attached hydrogens (tertiary/aromatic N) is 4. The van der Waals surface area contributed by atoms with Gasteiger partial charge in [0.25, 0.3) is 10.0 Å². The number of rotatable bonds is 6. The van der Waals surface area contributed by atoms with Crippen LogP contribution in [0.2, 0.25) is 5.02 Å². The fourth-order valence-corrected chi connectivity index (χ4v) is 7.44. The Balaban J connectivity index is 1.44. The average molecular weight is 535 g/mol. The molecule has 0 radical (unpaired) electrons. The van der Waals surface area contributed by atoms with E-state index in [9.17, 15) is 13.2 Å². The summed E-state index contributed by atoms with van der Waals surface area (Å²) in [4.78, 5) is 15.6. The topological polar surface area (TPSA) is 84.7 Å². The molecule has 35 heavy (non-hydrogen) atoms. The summed E-state index contributed by atoms with van der Waals surface area (Å²) < 4.78 is 35.3. The van der Waals surface area contributed by atoms with Gasteiger partial charge in [0.15, 0.2) is 0 Å². The summed E-state index contributed by atoms with van der Waals surface area (Å²) in [6.07, 6.45) is 4.45. The van der Waals surface area contributed by atoms with Crippen LogP contribution in [0.5, 0.6) is 5.75 Å². The largest absolute Gasteiger partial charge is 0.483 e. The standard InChI is InChI=1S/C24H27ClN4O4S2/c1-17-7-8-20(14-17)33-23-21(16-26-29(24(23)30)19-5-2-4-18(25)15-19)27-9-11-28(12-10-27)35(31,32)22-6-3-13-34-22/h2-6,13,15-17,20H,7-12,14H2,1H3. The molecule has 2 atom stereocenters. The van der Waals surface area contributed by atoms with Crippen LogP contribution < -0.4 is 15.2 Å². The van der Waals surface area contributed by atoms with Crippen LogP contribution in [-0.4, -0.2) is 54.8 Å². The monoisotopic (exact) mass is 534 g/mol. The molecule has 1 aliphatic carbocycles. The predicted octanol–water partition coefficient (Wildman–Crippen LogP) is 4.03. The number of hydrogen-bond acceptors (Lipinski definition) is 7. The molecule has 1 aliphatic heterocycles. The van der Waals surface area contributed by atoms with Crippen molar-refractivity contribution in [3.05, 3.63) is 63.4 Å². The summed E-state index contributed by atoms with van der Waals surface area (Å²) in [6, 6.07) is 10.3. The lowest BCUT2D eigenvalue weighted by Gasteiger charge is -2.35. The fraction of sp³-hybridized carbons (Fsp3) is 0.417. The Morgan fingerprint density at radius 1 is 1.11 bits per heavy atom. The summed E-state index contributed by atoms with van der Waals surface area (Å²) in [7, 11) is -3.51.